The molecule has 142 valence electrons. The van der Waals surface area contributed by atoms with E-state index in [4.69, 9.17) is 11.6 Å². The fourth-order valence-electron chi connectivity index (χ4n) is 2.63. The van der Waals surface area contributed by atoms with Crippen LogP contribution >= 0.6 is 11.6 Å². The van der Waals surface area contributed by atoms with E-state index < -0.39 is 11.6 Å². The van der Waals surface area contributed by atoms with E-state index in [1.807, 2.05) is 25.7 Å². The number of rotatable bonds is 3. The van der Waals surface area contributed by atoms with Gasteiger partial charge in [0.05, 0.1) is 6.54 Å². The number of piperazine rings is 1. The predicted octanol–water partition coefficient (Wildman–Crippen LogP) is 1.72. The minimum absolute atomic E-state index is 0.0460. The molecule has 1 fully saturated rings. The van der Waals surface area contributed by atoms with Crippen molar-refractivity contribution in [3.8, 4) is 0 Å². The Hall–Kier alpha value is -2.12. The molecule has 7 nitrogen and oxygen atoms in total. The third-order valence-electron chi connectivity index (χ3n) is 3.86. The second-order valence-corrected chi connectivity index (χ2v) is 7.76. The Morgan fingerprint density at radius 1 is 1.04 bits per heavy atom. The van der Waals surface area contributed by atoms with Crippen molar-refractivity contribution in [2.75, 3.05) is 32.7 Å². The maximum Gasteiger partial charge on any atom is 0.321 e. The Kier molecular flexibility index (Phi) is 6.61. The first-order chi connectivity index (χ1) is 12.1. The van der Waals surface area contributed by atoms with Gasteiger partial charge in [-0.3, -0.25) is 19.8 Å². The Bertz CT molecular complexity index is 662. The van der Waals surface area contributed by atoms with Gasteiger partial charge in [-0.05, 0) is 45.0 Å². The van der Waals surface area contributed by atoms with E-state index in [1.54, 1.807) is 29.2 Å². The molecule has 1 saturated heterocycles. The molecular weight excluding hydrogens is 356 g/mol. The van der Waals surface area contributed by atoms with E-state index in [0.717, 1.165) is 0 Å². The van der Waals surface area contributed by atoms with Crippen LogP contribution in [0.1, 0.15) is 31.1 Å². The number of hydrogen-bond acceptors (Lipinski definition) is 4. The van der Waals surface area contributed by atoms with Gasteiger partial charge in [0.1, 0.15) is 0 Å². The molecule has 0 aromatic heterocycles. The first-order valence-electron chi connectivity index (χ1n) is 8.53. The zero-order valence-corrected chi connectivity index (χ0v) is 16.1. The molecule has 0 bridgehead atoms. The molecule has 0 unspecified atom stereocenters. The topological polar surface area (TPSA) is 81.8 Å². The summed E-state index contributed by atoms with van der Waals surface area (Å²) in [7, 11) is 0. The zero-order valence-electron chi connectivity index (χ0n) is 15.3. The molecule has 4 amide bonds. The molecule has 8 heteroatoms. The smallest absolute Gasteiger partial charge is 0.321 e. The highest BCUT2D eigenvalue weighted by molar-refractivity contribution is 6.30. The van der Waals surface area contributed by atoms with Crippen LogP contribution in [0.25, 0.3) is 0 Å². The van der Waals surface area contributed by atoms with Crippen LogP contribution in [-0.2, 0) is 4.79 Å². The monoisotopic (exact) mass is 380 g/mol. The maximum absolute atomic E-state index is 12.5. The van der Waals surface area contributed by atoms with Gasteiger partial charge in [0.2, 0.25) is 5.91 Å². The minimum atomic E-state index is -0.501. The van der Waals surface area contributed by atoms with Crippen LogP contribution in [0.4, 0.5) is 4.79 Å². The van der Waals surface area contributed by atoms with Crippen molar-refractivity contribution in [1.82, 2.24) is 20.4 Å². The van der Waals surface area contributed by atoms with Crippen LogP contribution in [0.5, 0.6) is 0 Å². The highest BCUT2D eigenvalue weighted by Gasteiger charge is 2.24. The molecule has 0 radical (unpaired) electrons. The number of amides is 4. The molecule has 26 heavy (non-hydrogen) atoms. The molecule has 0 spiro atoms. The Morgan fingerprint density at radius 2 is 1.62 bits per heavy atom. The Morgan fingerprint density at radius 3 is 2.15 bits per heavy atom. The summed E-state index contributed by atoms with van der Waals surface area (Å²) in [6.45, 7) is 7.86. The molecule has 1 aromatic carbocycles. The number of nitrogens with one attached hydrogen (secondary N) is 2. The SMILES string of the molecule is CC(C)(C)NC(=O)NC(=O)CN1CCN(C(=O)c2ccc(Cl)cc2)CC1. The van der Waals surface area contributed by atoms with Crippen molar-refractivity contribution in [2.45, 2.75) is 26.3 Å². The number of hydrogen-bond donors (Lipinski definition) is 2. The number of carbonyl (C=O) groups excluding carboxylic acids is 3. The van der Waals surface area contributed by atoms with Gasteiger partial charge in [-0.25, -0.2) is 4.79 Å². The molecule has 2 N–H and O–H groups in total. The molecule has 1 heterocycles. The number of nitrogens with zero attached hydrogens (tertiary/aromatic N) is 2. The van der Waals surface area contributed by atoms with Gasteiger partial charge < -0.3 is 10.2 Å². The van der Waals surface area contributed by atoms with Gasteiger partial charge in [-0.2, -0.15) is 0 Å². The Balaban J connectivity index is 1.77. The second kappa shape index (κ2) is 8.51. The largest absolute Gasteiger partial charge is 0.336 e. The average Bonchev–Trinajstić information content (AvgIpc) is 2.53. The molecular formula is C18H25ClN4O3. The van der Waals surface area contributed by atoms with Crippen LogP contribution in [0.3, 0.4) is 0 Å². The lowest BCUT2D eigenvalue weighted by Crippen LogP contribution is -2.53. The van der Waals surface area contributed by atoms with Crippen molar-refractivity contribution in [3.05, 3.63) is 34.9 Å². The van der Waals surface area contributed by atoms with Crippen molar-refractivity contribution in [2.24, 2.45) is 0 Å². The summed E-state index contributed by atoms with van der Waals surface area (Å²) < 4.78 is 0. The normalized spacial score (nSPS) is 15.5. The van der Waals surface area contributed by atoms with Gasteiger partial charge in [-0.15, -0.1) is 0 Å². The van der Waals surface area contributed by atoms with E-state index in [1.165, 1.54) is 0 Å². The molecule has 1 aliphatic rings. The second-order valence-electron chi connectivity index (χ2n) is 7.33. The van der Waals surface area contributed by atoms with Gasteiger partial charge in [-0.1, -0.05) is 11.6 Å². The molecule has 2 rings (SSSR count). The van der Waals surface area contributed by atoms with Gasteiger partial charge in [0.15, 0.2) is 0 Å². The Labute approximate surface area is 158 Å². The van der Waals surface area contributed by atoms with Crippen molar-refractivity contribution in [3.63, 3.8) is 0 Å². The van der Waals surface area contributed by atoms with Gasteiger partial charge >= 0.3 is 6.03 Å². The summed E-state index contributed by atoms with van der Waals surface area (Å²) in [6.07, 6.45) is 0. The molecule has 0 saturated carbocycles. The minimum Gasteiger partial charge on any atom is -0.336 e. The summed E-state index contributed by atoms with van der Waals surface area (Å²) in [6, 6.07) is 6.30. The summed E-state index contributed by atoms with van der Waals surface area (Å²) in [5, 5.41) is 5.60. The van der Waals surface area contributed by atoms with E-state index in [9.17, 15) is 14.4 Å². The van der Waals surface area contributed by atoms with Crippen molar-refractivity contribution < 1.29 is 14.4 Å². The number of halogens is 1. The lowest BCUT2D eigenvalue weighted by atomic mass is 10.1. The van der Waals surface area contributed by atoms with Gasteiger partial charge in [0, 0.05) is 42.3 Å². The molecule has 0 aliphatic carbocycles. The fourth-order valence-corrected chi connectivity index (χ4v) is 2.75. The maximum atomic E-state index is 12.5. The van der Waals surface area contributed by atoms with Crippen molar-refractivity contribution >= 4 is 29.4 Å². The average molecular weight is 381 g/mol. The van der Waals surface area contributed by atoms with E-state index in [0.29, 0.717) is 36.8 Å². The number of benzene rings is 1. The van der Waals surface area contributed by atoms with Gasteiger partial charge in [0.25, 0.3) is 5.91 Å². The van der Waals surface area contributed by atoms with E-state index in [2.05, 4.69) is 10.6 Å². The van der Waals surface area contributed by atoms with Crippen LogP contribution in [0, 0.1) is 0 Å². The molecule has 0 atom stereocenters. The quantitative estimate of drug-likeness (QED) is 0.836. The number of urea groups is 1. The van der Waals surface area contributed by atoms with Crippen LogP contribution in [0.2, 0.25) is 5.02 Å². The summed E-state index contributed by atoms with van der Waals surface area (Å²) in [5.41, 5.74) is 0.192. The lowest BCUT2D eigenvalue weighted by molar-refractivity contribution is -0.121. The first-order valence-corrected chi connectivity index (χ1v) is 8.91. The first kappa shape index (κ1) is 20.2. The number of imide groups is 1. The predicted molar refractivity (Wildman–Crippen MR) is 100 cm³/mol. The lowest BCUT2D eigenvalue weighted by Gasteiger charge is -2.34. The summed E-state index contributed by atoms with van der Waals surface area (Å²) >= 11 is 5.84. The van der Waals surface area contributed by atoms with Crippen LogP contribution in [0.15, 0.2) is 24.3 Å². The van der Waals surface area contributed by atoms with Crippen LogP contribution in [-0.4, -0.2) is 65.9 Å². The fraction of sp³-hybridized carbons (Fsp3) is 0.500. The van der Waals surface area contributed by atoms with E-state index >= 15 is 0 Å². The zero-order chi connectivity index (χ0) is 19.3. The highest BCUT2D eigenvalue weighted by atomic mass is 35.5. The molecule has 1 aliphatic heterocycles. The summed E-state index contributed by atoms with van der Waals surface area (Å²) in [4.78, 5) is 39.8. The molecule has 1 aromatic rings. The third-order valence-corrected chi connectivity index (χ3v) is 4.11. The standard InChI is InChI=1S/C18H25ClN4O3/c1-18(2,3)21-17(26)20-15(24)12-22-8-10-23(11-9-22)16(25)13-4-6-14(19)7-5-13/h4-7H,8-12H2,1-3H3,(H2,20,21,24,26). The number of carbonyl (C=O) groups is 3. The van der Waals surface area contributed by atoms with Crippen LogP contribution < -0.4 is 10.6 Å². The van der Waals surface area contributed by atoms with E-state index in [-0.39, 0.29) is 18.4 Å². The summed E-state index contributed by atoms with van der Waals surface area (Å²) in [5.74, 6) is -0.403. The van der Waals surface area contributed by atoms with Crippen molar-refractivity contribution in [1.29, 1.82) is 0 Å². The third kappa shape index (κ3) is 6.31. The highest BCUT2D eigenvalue weighted by Crippen LogP contribution is 2.13.